The lowest BCUT2D eigenvalue weighted by Gasteiger charge is -2.28. The van der Waals surface area contributed by atoms with Crippen molar-refractivity contribution in [3.8, 4) is 0 Å². The van der Waals surface area contributed by atoms with Crippen LogP contribution < -0.4 is 0 Å². The first-order valence-corrected chi connectivity index (χ1v) is 7.11. The summed E-state index contributed by atoms with van der Waals surface area (Å²) in [5.74, 6) is 0.354. The van der Waals surface area contributed by atoms with Gasteiger partial charge in [-0.2, -0.15) is 0 Å². The zero-order valence-electron chi connectivity index (χ0n) is 11.9. The van der Waals surface area contributed by atoms with Crippen LogP contribution in [0.25, 0.3) is 10.9 Å². The Kier molecular flexibility index (Phi) is 3.24. The van der Waals surface area contributed by atoms with Crippen LogP contribution in [0.15, 0.2) is 18.2 Å². The molecule has 3 nitrogen and oxygen atoms in total. The number of aromatic nitrogens is 1. The minimum absolute atomic E-state index is 0.210. The molecule has 0 aliphatic carbocycles. The van der Waals surface area contributed by atoms with Crippen molar-refractivity contribution in [2.75, 3.05) is 6.54 Å². The number of amides is 1. The van der Waals surface area contributed by atoms with E-state index < -0.39 is 0 Å². The molecular weight excluding hydrogens is 255 g/mol. The molecule has 1 aliphatic heterocycles. The lowest BCUT2D eigenvalue weighted by atomic mass is 10.0. The molecule has 106 valence electrons. The monoisotopic (exact) mass is 274 g/mol. The number of nitrogens with one attached hydrogen (secondary N) is 1. The Hall–Kier alpha value is -1.84. The Morgan fingerprint density at radius 3 is 3.00 bits per heavy atom. The Labute approximate surface area is 117 Å². The highest BCUT2D eigenvalue weighted by atomic mass is 19.1. The van der Waals surface area contributed by atoms with E-state index >= 15 is 0 Å². The fourth-order valence-corrected chi connectivity index (χ4v) is 2.89. The van der Waals surface area contributed by atoms with Gasteiger partial charge in [0.1, 0.15) is 5.82 Å². The Bertz CT molecular complexity index is 660. The van der Waals surface area contributed by atoms with E-state index in [0.717, 1.165) is 35.1 Å². The van der Waals surface area contributed by atoms with Crippen molar-refractivity contribution in [3.05, 3.63) is 35.3 Å². The van der Waals surface area contributed by atoms with E-state index in [-0.39, 0.29) is 11.7 Å². The van der Waals surface area contributed by atoms with Gasteiger partial charge in [0.2, 0.25) is 5.91 Å². The summed E-state index contributed by atoms with van der Waals surface area (Å²) < 4.78 is 13.3. The van der Waals surface area contributed by atoms with E-state index in [1.54, 1.807) is 6.07 Å². The number of H-pyrrole nitrogens is 1. The third-order valence-electron chi connectivity index (χ3n) is 3.87. The Morgan fingerprint density at radius 2 is 2.25 bits per heavy atom. The van der Waals surface area contributed by atoms with Crippen molar-refractivity contribution in [3.63, 3.8) is 0 Å². The average Bonchev–Trinajstić information content (AvgIpc) is 2.74. The van der Waals surface area contributed by atoms with E-state index in [2.05, 4.69) is 18.8 Å². The summed E-state index contributed by atoms with van der Waals surface area (Å²) >= 11 is 0. The Balaban J connectivity index is 1.90. The number of rotatable bonds is 2. The van der Waals surface area contributed by atoms with Crippen LogP contribution in [0, 0.1) is 11.7 Å². The standard InChI is InChI=1S/C16H19FN2O/c1-10(2)7-16(20)19-6-5-14-13(9-19)12-4-3-11(17)8-15(12)18-14/h3-4,8,10,18H,5-7,9H2,1-2H3. The van der Waals surface area contributed by atoms with Crippen LogP contribution in [0.5, 0.6) is 0 Å². The highest BCUT2D eigenvalue weighted by molar-refractivity contribution is 5.86. The molecule has 3 rings (SSSR count). The van der Waals surface area contributed by atoms with Crippen molar-refractivity contribution in [1.82, 2.24) is 9.88 Å². The van der Waals surface area contributed by atoms with Gasteiger partial charge in [0, 0.05) is 48.1 Å². The van der Waals surface area contributed by atoms with Crippen LogP contribution in [-0.4, -0.2) is 22.3 Å². The highest BCUT2D eigenvalue weighted by Crippen LogP contribution is 2.28. The first-order chi connectivity index (χ1) is 9.54. The van der Waals surface area contributed by atoms with Gasteiger partial charge in [0.05, 0.1) is 0 Å². The molecule has 4 heteroatoms. The fraction of sp³-hybridized carbons (Fsp3) is 0.438. The molecule has 1 aliphatic rings. The molecule has 0 spiro atoms. The van der Waals surface area contributed by atoms with Gasteiger partial charge in [-0.1, -0.05) is 13.8 Å². The summed E-state index contributed by atoms with van der Waals surface area (Å²) in [6.07, 6.45) is 1.40. The number of carbonyl (C=O) groups is 1. The average molecular weight is 274 g/mol. The van der Waals surface area contributed by atoms with E-state index in [4.69, 9.17) is 0 Å². The molecule has 20 heavy (non-hydrogen) atoms. The first-order valence-electron chi connectivity index (χ1n) is 7.11. The summed E-state index contributed by atoms with van der Waals surface area (Å²) in [7, 11) is 0. The molecule has 0 fully saturated rings. The van der Waals surface area contributed by atoms with Crippen LogP contribution in [0.1, 0.15) is 31.5 Å². The van der Waals surface area contributed by atoms with Gasteiger partial charge in [-0.3, -0.25) is 4.79 Å². The molecule has 0 atom stereocenters. The molecule has 1 aromatic heterocycles. The molecule has 1 aromatic carbocycles. The lowest BCUT2D eigenvalue weighted by Crippen LogP contribution is -2.36. The smallest absolute Gasteiger partial charge is 0.223 e. The van der Waals surface area contributed by atoms with Gasteiger partial charge in [-0.05, 0) is 24.1 Å². The van der Waals surface area contributed by atoms with Crippen LogP contribution in [0.2, 0.25) is 0 Å². The quantitative estimate of drug-likeness (QED) is 0.896. The van der Waals surface area contributed by atoms with Gasteiger partial charge in [-0.15, -0.1) is 0 Å². The molecule has 0 unspecified atom stereocenters. The molecule has 0 saturated heterocycles. The molecule has 0 radical (unpaired) electrons. The molecular formula is C16H19FN2O. The van der Waals surface area contributed by atoms with Crippen LogP contribution in [0.3, 0.4) is 0 Å². The van der Waals surface area contributed by atoms with Gasteiger partial charge in [0.15, 0.2) is 0 Å². The maximum Gasteiger partial charge on any atom is 0.223 e. The van der Waals surface area contributed by atoms with Gasteiger partial charge < -0.3 is 9.88 Å². The van der Waals surface area contributed by atoms with Crippen molar-refractivity contribution < 1.29 is 9.18 Å². The van der Waals surface area contributed by atoms with E-state index in [1.165, 1.54) is 12.1 Å². The zero-order chi connectivity index (χ0) is 14.3. The lowest BCUT2D eigenvalue weighted by molar-refractivity contribution is -0.132. The van der Waals surface area contributed by atoms with Crippen molar-refractivity contribution >= 4 is 16.8 Å². The number of hydrogen-bond donors (Lipinski definition) is 1. The minimum Gasteiger partial charge on any atom is -0.358 e. The number of nitrogens with zero attached hydrogens (tertiary/aromatic N) is 1. The van der Waals surface area contributed by atoms with Crippen LogP contribution in [-0.2, 0) is 17.8 Å². The van der Waals surface area contributed by atoms with E-state index in [9.17, 15) is 9.18 Å². The second-order valence-corrected chi connectivity index (χ2v) is 5.94. The van der Waals surface area contributed by atoms with Crippen molar-refractivity contribution in [2.24, 2.45) is 5.92 Å². The summed E-state index contributed by atoms with van der Waals surface area (Å²) in [5.41, 5.74) is 3.11. The Morgan fingerprint density at radius 1 is 1.45 bits per heavy atom. The molecule has 1 amide bonds. The fourth-order valence-electron chi connectivity index (χ4n) is 2.89. The summed E-state index contributed by atoms with van der Waals surface area (Å²) in [6.45, 7) is 5.49. The zero-order valence-corrected chi connectivity index (χ0v) is 11.9. The number of benzene rings is 1. The molecule has 0 bridgehead atoms. The second kappa shape index (κ2) is 4.93. The third-order valence-corrected chi connectivity index (χ3v) is 3.87. The minimum atomic E-state index is -0.233. The maximum atomic E-state index is 13.3. The number of fused-ring (bicyclic) bond motifs is 3. The first kappa shape index (κ1) is 13.2. The predicted octanol–water partition coefficient (Wildman–Crippen LogP) is 3.24. The predicted molar refractivity (Wildman–Crippen MR) is 76.8 cm³/mol. The van der Waals surface area contributed by atoms with E-state index in [0.29, 0.717) is 18.9 Å². The summed E-state index contributed by atoms with van der Waals surface area (Å²) in [4.78, 5) is 17.4. The normalized spacial score (nSPS) is 14.9. The number of carbonyl (C=O) groups excluding carboxylic acids is 1. The van der Waals surface area contributed by atoms with Crippen LogP contribution in [0.4, 0.5) is 4.39 Å². The highest BCUT2D eigenvalue weighted by Gasteiger charge is 2.24. The summed E-state index contributed by atoms with van der Waals surface area (Å²) in [6, 6.07) is 4.80. The van der Waals surface area contributed by atoms with Gasteiger partial charge in [-0.25, -0.2) is 4.39 Å². The SMILES string of the molecule is CC(C)CC(=O)N1CCc2[nH]c3cc(F)ccc3c2C1. The number of hydrogen-bond acceptors (Lipinski definition) is 1. The molecule has 1 N–H and O–H groups in total. The third kappa shape index (κ3) is 2.30. The van der Waals surface area contributed by atoms with Crippen molar-refractivity contribution in [1.29, 1.82) is 0 Å². The molecule has 0 saturated carbocycles. The number of aromatic amines is 1. The topological polar surface area (TPSA) is 36.1 Å². The van der Waals surface area contributed by atoms with Gasteiger partial charge in [0.25, 0.3) is 0 Å². The molecule has 2 heterocycles. The van der Waals surface area contributed by atoms with E-state index in [1.807, 2.05) is 4.90 Å². The maximum absolute atomic E-state index is 13.3. The second-order valence-electron chi connectivity index (χ2n) is 5.94. The number of halogens is 1. The largest absolute Gasteiger partial charge is 0.358 e. The molecule has 2 aromatic rings. The van der Waals surface area contributed by atoms with Gasteiger partial charge >= 0.3 is 0 Å². The summed E-state index contributed by atoms with van der Waals surface area (Å²) in [5, 5.41) is 1.03. The van der Waals surface area contributed by atoms with Crippen LogP contribution >= 0.6 is 0 Å². The van der Waals surface area contributed by atoms with Crippen molar-refractivity contribution in [2.45, 2.75) is 33.2 Å².